The van der Waals surface area contributed by atoms with Gasteiger partial charge >= 0.3 is 0 Å². The van der Waals surface area contributed by atoms with Gasteiger partial charge in [0.1, 0.15) is 18.5 Å². The van der Waals surface area contributed by atoms with Crippen LogP contribution in [0.4, 0.5) is 4.39 Å². The monoisotopic (exact) mass is 438 g/mol. The molecule has 1 atom stereocenters. The van der Waals surface area contributed by atoms with Gasteiger partial charge in [-0.1, -0.05) is 0 Å². The third-order valence-electron chi connectivity index (χ3n) is 4.96. The zero-order valence-electron chi connectivity index (χ0n) is 18.3. The average Bonchev–Trinajstić information content (AvgIpc) is 3.28. The molecule has 2 aromatic rings. The molecular weight excluding hydrogens is 407 g/mol. The van der Waals surface area contributed by atoms with Crippen molar-refractivity contribution in [3.63, 3.8) is 0 Å². The zero-order valence-corrected chi connectivity index (χ0v) is 18.3. The lowest BCUT2D eigenvalue weighted by molar-refractivity contribution is -0.149. The first-order chi connectivity index (χ1) is 14.9. The summed E-state index contributed by atoms with van der Waals surface area (Å²) in [5, 5.41) is 0.745. The zero-order chi connectivity index (χ0) is 22.3. The number of benzene rings is 1. The summed E-state index contributed by atoms with van der Waals surface area (Å²) in [6.45, 7) is 6.32. The summed E-state index contributed by atoms with van der Waals surface area (Å²) in [7, 11) is 1.61. The van der Waals surface area contributed by atoms with Gasteiger partial charge < -0.3 is 33.6 Å². The maximum Gasteiger partial charge on any atom is 0.248 e. The summed E-state index contributed by atoms with van der Waals surface area (Å²) < 4.78 is 41.0. The number of rotatable bonds is 12. The number of carbonyl (C=O) groups excluding carboxylic acids is 1. The second-order valence-electron chi connectivity index (χ2n) is 7.89. The SMILES string of the molecule is COCCOCCOCC(=O)N(Cc1c[nH]c2ccc(F)cc12)CC1COC(C)(C)O1. The van der Waals surface area contributed by atoms with Crippen molar-refractivity contribution in [2.45, 2.75) is 32.3 Å². The molecule has 1 aromatic carbocycles. The Labute approximate surface area is 181 Å². The maximum atomic E-state index is 13.7. The Hall–Kier alpha value is -2.04. The van der Waals surface area contributed by atoms with Crippen LogP contribution in [0.1, 0.15) is 19.4 Å². The van der Waals surface area contributed by atoms with Crippen molar-refractivity contribution in [2.24, 2.45) is 0 Å². The highest BCUT2D eigenvalue weighted by Crippen LogP contribution is 2.25. The Bertz CT molecular complexity index is 856. The van der Waals surface area contributed by atoms with E-state index in [0.29, 0.717) is 46.1 Å². The van der Waals surface area contributed by atoms with Crippen LogP contribution < -0.4 is 0 Å². The highest BCUT2D eigenvalue weighted by atomic mass is 19.1. The first-order valence-electron chi connectivity index (χ1n) is 10.4. The van der Waals surface area contributed by atoms with Gasteiger partial charge in [0.2, 0.25) is 5.91 Å². The molecule has 3 rings (SSSR count). The van der Waals surface area contributed by atoms with Gasteiger partial charge in [-0.05, 0) is 37.6 Å². The molecule has 2 heterocycles. The number of hydrogen-bond donors (Lipinski definition) is 1. The predicted molar refractivity (Wildman–Crippen MR) is 112 cm³/mol. The molecule has 172 valence electrons. The van der Waals surface area contributed by atoms with Crippen molar-refractivity contribution in [1.29, 1.82) is 0 Å². The first-order valence-corrected chi connectivity index (χ1v) is 10.4. The van der Waals surface area contributed by atoms with Crippen molar-refractivity contribution < 1.29 is 32.9 Å². The molecule has 0 saturated carbocycles. The van der Waals surface area contributed by atoms with Gasteiger partial charge in [0, 0.05) is 37.3 Å². The van der Waals surface area contributed by atoms with Crippen LogP contribution in [0.15, 0.2) is 24.4 Å². The Morgan fingerprint density at radius 3 is 2.77 bits per heavy atom. The van der Waals surface area contributed by atoms with Gasteiger partial charge in [0.05, 0.1) is 33.0 Å². The van der Waals surface area contributed by atoms with Gasteiger partial charge in [-0.25, -0.2) is 4.39 Å². The van der Waals surface area contributed by atoms with Crippen molar-refractivity contribution >= 4 is 16.8 Å². The van der Waals surface area contributed by atoms with Crippen molar-refractivity contribution in [1.82, 2.24) is 9.88 Å². The molecular formula is C22H31FN2O6. The van der Waals surface area contributed by atoms with E-state index >= 15 is 0 Å². The molecule has 1 amide bonds. The van der Waals surface area contributed by atoms with E-state index in [1.165, 1.54) is 12.1 Å². The molecule has 31 heavy (non-hydrogen) atoms. The Balaban J connectivity index is 1.61. The number of halogens is 1. The van der Waals surface area contributed by atoms with Crippen molar-refractivity contribution in [3.05, 3.63) is 35.8 Å². The smallest absolute Gasteiger partial charge is 0.248 e. The fraction of sp³-hybridized carbons (Fsp3) is 0.591. The topological polar surface area (TPSA) is 82.3 Å². The second kappa shape index (κ2) is 11.0. The van der Waals surface area contributed by atoms with Gasteiger partial charge in [-0.15, -0.1) is 0 Å². The molecule has 1 aliphatic rings. The lowest BCUT2D eigenvalue weighted by atomic mass is 10.1. The molecule has 1 N–H and O–H groups in total. The molecule has 8 nitrogen and oxygen atoms in total. The van der Waals surface area contributed by atoms with E-state index in [2.05, 4.69) is 4.98 Å². The van der Waals surface area contributed by atoms with Crippen LogP contribution in [0, 0.1) is 5.82 Å². The standard InChI is InChI=1S/C22H31FN2O6/c1-22(2)30-14-18(31-22)13-25(21(26)15-29-9-8-28-7-6-27-3)12-16-11-24-20-5-4-17(23)10-19(16)20/h4-5,10-11,18,24H,6-9,12-15H2,1-3H3. The van der Waals surface area contributed by atoms with E-state index in [-0.39, 0.29) is 24.4 Å². The highest BCUT2D eigenvalue weighted by Gasteiger charge is 2.34. The summed E-state index contributed by atoms with van der Waals surface area (Å²) in [4.78, 5) is 17.7. The summed E-state index contributed by atoms with van der Waals surface area (Å²) in [6.07, 6.45) is 1.54. The number of hydrogen-bond acceptors (Lipinski definition) is 6. The number of methoxy groups -OCH3 is 1. The summed E-state index contributed by atoms with van der Waals surface area (Å²) in [5.41, 5.74) is 1.64. The lowest BCUT2D eigenvalue weighted by Crippen LogP contribution is -2.40. The lowest BCUT2D eigenvalue weighted by Gasteiger charge is -2.26. The number of fused-ring (bicyclic) bond motifs is 1. The predicted octanol–water partition coefficient (Wildman–Crippen LogP) is 2.47. The largest absolute Gasteiger partial charge is 0.382 e. The van der Waals surface area contributed by atoms with Crippen LogP contribution in [0.3, 0.4) is 0 Å². The molecule has 0 bridgehead atoms. The summed E-state index contributed by atoms with van der Waals surface area (Å²) in [6, 6.07) is 4.55. The Kier molecular flexibility index (Phi) is 8.39. The van der Waals surface area contributed by atoms with E-state index in [9.17, 15) is 9.18 Å². The van der Waals surface area contributed by atoms with Crippen LogP contribution in [0.25, 0.3) is 10.9 Å². The molecule has 9 heteroatoms. The Morgan fingerprint density at radius 1 is 1.26 bits per heavy atom. The first kappa shape index (κ1) is 23.6. The normalized spacial score (nSPS) is 18.0. The van der Waals surface area contributed by atoms with Crippen LogP contribution in [-0.2, 0) is 35.0 Å². The number of amides is 1. The van der Waals surface area contributed by atoms with Crippen LogP contribution >= 0.6 is 0 Å². The van der Waals surface area contributed by atoms with Crippen molar-refractivity contribution in [2.75, 3.05) is 53.3 Å². The van der Waals surface area contributed by atoms with E-state index < -0.39 is 5.79 Å². The number of ether oxygens (including phenoxy) is 5. The van der Waals surface area contributed by atoms with Crippen LogP contribution in [0.5, 0.6) is 0 Å². The molecule has 0 spiro atoms. The summed E-state index contributed by atoms with van der Waals surface area (Å²) >= 11 is 0. The molecule has 1 fully saturated rings. The minimum absolute atomic E-state index is 0.0820. The molecule has 0 radical (unpaired) electrons. The fourth-order valence-electron chi connectivity index (χ4n) is 3.45. The third kappa shape index (κ3) is 6.98. The number of carbonyl (C=O) groups is 1. The van der Waals surface area contributed by atoms with Gasteiger partial charge in [0.15, 0.2) is 5.79 Å². The van der Waals surface area contributed by atoms with Gasteiger partial charge in [-0.3, -0.25) is 4.79 Å². The number of aromatic amines is 1. The minimum atomic E-state index is -0.681. The molecule has 1 aromatic heterocycles. The quantitative estimate of drug-likeness (QED) is 0.513. The number of H-pyrrole nitrogens is 1. The van der Waals surface area contributed by atoms with E-state index in [1.54, 1.807) is 24.3 Å². The van der Waals surface area contributed by atoms with Crippen LogP contribution in [0.2, 0.25) is 0 Å². The number of aromatic nitrogens is 1. The third-order valence-corrected chi connectivity index (χ3v) is 4.96. The average molecular weight is 438 g/mol. The molecule has 1 unspecified atom stereocenters. The molecule has 1 saturated heterocycles. The van der Waals surface area contributed by atoms with E-state index in [4.69, 9.17) is 23.7 Å². The van der Waals surface area contributed by atoms with Crippen LogP contribution in [-0.4, -0.2) is 81.0 Å². The number of nitrogens with one attached hydrogen (secondary N) is 1. The van der Waals surface area contributed by atoms with Crippen molar-refractivity contribution in [3.8, 4) is 0 Å². The van der Waals surface area contributed by atoms with E-state index in [0.717, 1.165) is 16.5 Å². The fourth-order valence-corrected chi connectivity index (χ4v) is 3.45. The Morgan fingerprint density at radius 2 is 2.03 bits per heavy atom. The van der Waals surface area contributed by atoms with Gasteiger partial charge in [-0.2, -0.15) is 0 Å². The molecule has 1 aliphatic heterocycles. The highest BCUT2D eigenvalue weighted by molar-refractivity contribution is 5.84. The maximum absolute atomic E-state index is 13.7. The minimum Gasteiger partial charge on any atom is -0.382 e. The second-order valence-corrected chi connectivity index (χ2v) is 7.89. The molecule has 0 aliphatic carbocycles. The van der Waals surface area contributed by atoms with E-state index in [1.807, 2.05) is 13.8 Å². The number of nitrogens with zero attached hydrogens (tertiary/aromatic N) is 1. The van der Waals surface area contributed by atoms with Gasteiger partial charge in [0.25, 0.3) is 0 Å². The summed E-state index contributed by atoms with van der Waals surface area (Å²) in [5.74, 6) is -1.19.